The number of ether oxygens (including phenoxy) is 7. The molecule has 10 nitrogen and oxygen atoms in total. The van der Waals surface area contributed by atoms with Crippen LogP contribution in [-0.2, 0) is 33.3 Å². The van der Waals surface area contributed by atoms with Crippen LogP contribution in [0.2, 0.25) is 0 Å². The van der Waals surface area contributed by atoms with Crippen LogP contribution in [0.1, 0.15) is 28.9 Å². The molecule has 0 aliphatic heterocycles. The van der Waals surface area contributed by atoms with E-state index < -0.39 is 24.0 Å². The van der Waals surface area contributed by atoms with E-state index in [2.05, 4.69) is 4.84 Å². The Hall–Kier alpha value is -3.58. The molecular weight excluding hydrogens is 525 g/mol. The largest absolute Gasteiger partial charge is 0.463 e. The lowest BCUT2D eigenvalue weighted by atomic mass is 10.0. The molecule has 0 N–H and O–H groups in total. The summed E-state index contributed by atoms with van der Waals surface area (Å²) in [5, 5.41) is 0. The summed E-state index contributed by atoms with van der Waals surface area (Å²) in [6, 6.07) is 20.4. The summed E-state index contributed by atoms with van der Waals surface area (Å²) in [7, 11) is 3.02. The Balaban J connectivity index is 1.90. The van der Waals surface area contributed by atoms with Crippen molar-refractivity contribution in [1.29, 1.82) is 0 Å². The zero-order valence-electron chi connectivity index (χ0n) is 22.3. The first-order valence-electron chi connectivity index (χ1n) is 12.4. The lowest BCUT2D eigenvalue weighted by molar-refractivity contribution is -0.163. The van der Waals surface area contributed by atoms with Gasteiger partial charge in [0.15, 0.2) is 31.3 Å². The Morgan fingerprint density at radius 2 is 1.27 bits per heavy atom. The molecule has 0 saturated carbocycles. The Labute approximate surface area is 232 Å². The molecule has 0 spiro atoms. The first kappa shape index (κ1) is 31.0. The molecule has 11 heteroatoms. The van der Waals surface area contributed by atoms with E-state index in [1.807, 2.05) is 36.4 Å². The van der Waals surface area contributed by atoms with Crippen molar-refractivity contribution in [2.75, 3.05) is 54.2 Å². The Morgan fingerprint density at radius 1 is 0.750 bits per heavy atom. The van der Waals surface area contributed by atoms with E-state index in [0.717, 1.165) is 6.07 Å². The number of halogens is 1. The second kappa shape index (κ2) is 17.2. The molecule has 1 unspecified atom stereocenters. The molecule has 0 bridgehead atoms. The van der Waals surface area contributed by atoms with Crippen molar-refractivity contribution in [2.45, 2.75) is 12.2 Å². The third-order valence-corrected chi connectivity index (χ3v) is 5.57. The minimum atomic E-state index is -1.72. The molecule has 0 amide bonds. The smallest absolute Gasteiger partial charge is 0.343 e. The molecule has 0 saturated heterocycles. The number of rotatable bonds is 18. The number of carbonyl (C=O) groups is 1. The Kier molecular flexibility index (Phi) is 13.3. The van der Waals surface area contributed by atoms with Crippen molar-refractivity contribution >= 4 is 5.97 Å². The Morgan fingerprint density at radius 3 is 1.77 bits per heavy atom. The van der Waals surface area contributed by atoms with E-state index in [-0.39, 0.29) is 43.9 Å². The summed E-state index contributed by atoms with van der Waals surface area (Å²) in [5.41, 5.74) is 1.33. The van der Waals surface area contributed by atoms with Crippen LogP contribution in [0, 0.1) is 5.82 Å². The molecule has 3 rings (SSSR count). The molecule has 1 atom stereocenters. The van der Waals surface area contributed by atoms with Crippen molar-refractivity contribution in [3.8, 4) is 11.5 Å². The summed E-state index contributed by atoms with van der Waals surface area (Å²) >= 11 is 0. The molecule has 3 aromatic carbocycles. The van der Waals surface area contributed by atoms with Gasteiger partial charge < -0.3 is 33.2 Å². The maximum Gasteiger partial charge on any atom is 0.343 e. The zero-order chi connectivity index (χ0) is 28.6. The van der Waals surface area contributed by atoms with Crippen LogP contribution in [0.15, 0.2) is 72.8 Å². The molecule has 0 heterocycles. The lowest BCUT2D eigenvalue weighted by Gasteiger charge is -2.23. The highest BCUT2D eigenvalue weighted by Crippen LogP contribution is 2.40. The molecule has 0 fully saturated rings. The van der Waals surface area contributed by atoms with E-state index in [1.165, 1.54) is 20.3 Å². The van der Waals surface area contributed by atoms with Gasteiger partial charge in [0.2, 0.25) is 11.9 Å². The van der Waals surface area contributed by atoms with Gasteiger partial charge in [0.25, 0.3) is 0 Å². The topological polar surface area (TPSA) is 113 Å². The Bertz CT molecular complexity index is 1110. The van der Waals surface area contributed by atoms with Gasteiger partial charge in [-0.3, -0.25) is 0 Å². The summed E-state index contributed by atoms with van der Waals surface area (Å²) in [4.78, 5) is 18.0. The molecule has 0 aliphatic carbocycles. The fraction of sp³-hybridized carbons (Fsp3) is 0.345. The van der Waals surface area contributed by atoms with Crippen LogP contribution in [-0.4, -0.2) is 60.2 Å². The first-order chi connectivity index (χ1) is 19.6. The summed E-state index contributed by atoms with van der Waals surface area (Å²) in [6.07, 6.45) is -2.54. The standard InChI is InChI=1S/C29H32FNO9/c1-33-15-17-35-19-37-26-23(13-14-24(30)28(26)38-20-36-18-16-34-2)27(40-31)29(32)39-25(21-9-5-3-6-10-21)22-11-7-4-8-12-22/h3-14,25,27H,15-20H2,1-2H3. The van der Waals surface area contributed by atoms with Crippen LogP contribution < -0.4 is 15.4 Å². The highest BCUT2D eigenvalue weighted by atomic mass is 19.1. The molecule has 3 aromatic rings. The number of methoxy groups -OCH3 is 2. The van der Waals surface area contributed by atoms with Crippen LogP contribution in [0.25, 0.3) is 0 Å². The molecule has 214 valence electrons. The van der Waals surface area contributed by atoms with Crippen molar-refractivity contribution in [3.63, 3.8) is 0 Å². The van der Waals surface area contributed by atoms with Gasteiger partial charge in [-0.15, -0.1) is 0 Å². The number of hydrogen-bond acceptors (Lipinski definition) is 9. The van der Waals surface area contributed by atoms with Gasteiger partial charge in [-0.05, 0) is 23.3 Å². The summed E-state index contributed by atoms with van der Waals surface area (Å²) in [5.74, 6) is 7.45. The van der Waals surface area contributed by atoms with Crippen LogP contribution in [0.5, 0.6) is 11.5 Å². The van der Waals surface area contributed by atoms with E-state index in [9.17, 15) is 15.1 Å². The van der Waals surface area contributed by atoms with Crippen molar-refractivity contribution in [1.82, 2.24) is 5.90 Å². The average molecular weight is 558 g/mol. The molecule has 0 aromatic heterocycles. The van der Waals surface area contributed by atoms with Crippen molar-refractivity contribution in [2.24, 2.45) is 0 Å². The number of hydrogen-bond donors (Lipinski definition) is 0. The van der Waals surface area contributed by atoms with Gasteiger partial charge in [0.05, 0.1) is 26.4 Å². The van der Waals surface area contributed by atoms with Crippen molar-refractivity contribution < 1.29 is 47.2 Å². The fourth-order valence-electron chi connectivity index (χ4n) is 3.64. The molecule has 2 radical (unpaired) electrons. The maximum absolute atomic E-state index is 14.9. The number of nitrogens with zero attached hydrogens (tertiary/aromatic N) is 1. The fourth-order valence-corrected chi connectivity index (χ4v) is 3.64. The van der Waals surface area contributed by atoms with E-state index in [1.54, 1.807) is 24.3 Å². The highest BCUT2D eigenvalue weighted by molar-refractivity contribution is 5.79. The molecular formula is C29H32FNO9. The van der Waals surface area contributed by atoms with Crippen LogP contribution in [0.4, 0.5) is 4.39 Å². The lowest BCUT2D eigenvalue weighted by Crippen LogP contribution is -2.23. The second-order valence-corrected chi connectivity index (χ2v) is 8.25. The van der Waals surface area contributed by atoms with Crippen molar-refractivity contribution in [3.05, 3.63) is 95.3 Å². The average Bonchev–Trinajstić information content (AvgIpc) is 2.99. The van der Waals surface area contributed by atoms with Gasteiger partial charge in [0, 0.05) is 25.7 Å². The molecule has 0 aliphatic rings. The van der Waals surface area contributed by atoms with Gasteiger partial charge in [-0.2, -0.15) is 0 Å². The van der Waals surface area contributed by atoms with Gasteiger partial charge in [-0.25, -0.2) is 14.0 Å². The number of carbonyl (C=O) groups excluding carboxylic acids is 1. The minimum Gasteiger partial charge on any atom is -0.463 e. The van der Waals surface area contributed by atoms with E-state index in [4.69, 9.17) is 33.2 Å². The third kappa shape index (κ3) is 8.98. The first-order valence-corrected chi connectivity index (χ1v) is 12.4. The summed E-state index contributed by atoms with van der Waals surface area (Å²) in [6.45, 7) is 0.302. The normalized spacial score (nSPS) is 11.8. The minimum absolute atomic E-state index is 0.0593. The molecule has 40 heavy (non-hydrogen) atoms. The highest BCUT2D eigenvalue weighted by Gasteiger charge is 2.33. The van der Waals surface area contributed by atoms with Gasteiger partial charge in [-0.1, -0.05) is 60.7 Å². The van der Waals surface area contributed by atoms with E-state index >= 15 is 0 Å². The summed E-state index contributed by atoms with van der Waals surface area (Å²) < 4.78 is 52.3. The number of esters is 1. The van der Waals surface area contributed by atoms with E-state index in [0.29, 0.717) is 24.3 Å². The van der Waals surface area contributed by atoms with Gasteiger partial charge >= 0.3 is 5.97 Å². The predicted octanol–water partition coefficient (Wildman–Crippen LogP) is 4.20. The maximum atomic E-state index is 14.9. The SMILES string of the molecule is COCCOCOc1c(F)ccc(C(O[N])C(=O)OC(c2ccccc2)c2ccccc2)c1OCOCCOC. The predicted molar refractivity (Wildman–Crippen MR) is 140 cm³/mol. The third-order valence-electron chi connectivity index (χ3n) is 5.57. The second-order valence-electron chi connectivity index (χ2n) is 8.25. The van der Waals surface area contributed by atoms with Gasteiger partial charge in [0.1, 0.15) is 0 Å². The monoisotopic (exact) mass is 557 g/mol. The zero-order valence-corrected chi connectivity index (χ0v) is 22.3. The number of benzene rings is 3. The van der Waals surface area contributed by atoms with Crippen LogP contribution >= 0.6 is 0 Å². The quantitative estimate of drug-likeness (QED) is 0.0983. The van der Waals surface area contributed by atoms with Crippen LogP contribution in [0.3, 0.4) is 0 Å².